The molecule has 1 aromatic heterocycles. The summed E-state index contributed by atoms with van der Waals surface area (Å²) < 4.78 is 47.5. The van der Waals surface area contributed by atoms with Gasteiger partial charge in [0.2, 0.25) is 10.0 Å². The van der Waals surface area contributed by atoms with Gasteiger partial charge in [-0.3, -0.25) is 0 Å². The Morgan fingerprint density at radius 2 is 1.74 bits per heavy atom. The van der Waals surface area contributed by atoms with Crippen molar-refractivity contribution >= 4 is 21.7 Å². The fourth-order valence-electron chi connectivity index (χ4n) is 3.04. The maximum atomic E-state index is 13.2. The van der Waals surface area contributed by atoms with E-state index in [-0.39, 0.29) is 16.7 Å². The summed E-state index contributed by atoms with van der Waals surface area (Å²) in [7, 11) is -2.43. The molecule has 4 aromatic rings. The number of hydrogen-bond acceptors (Lipinski definition) is 6. The van der Waals surface area contributed by atoms with Crippen LogP contribution in [-0.2, 0) is 10.0 Å². The van der Waals surface area contributed by atoms with Gasteiger partial charge in [-0.2, -0.15) is 0 Å². The molecule has 0 atom stereocenters. The van der Waals surface area contributed by atoms with Crippen LogP contribution >= 0.6 is 0 Å². The second-order valence-electron chi connectivity index (χ2n) is 6.65. The number of nitrogens with zero attached hydrogens (tertiary/aromatic N) is 1. The van der Waals surface area contributed by atoms with E-state index in [2.05, 4.69) is 10.3 Å². The number of nitrogens with two attached hydrogens (primary N) is 1. The molecule has 0 aliphatic rings. The Morgan fingerprint density at radius 3 is 2.45 bits per heavy atom. The lowest BCUT2D eigenvalue weighted by Gasteiger charge is -2.10. The number of aromatic nitrogens is 1. The highest BCUT2D eigenvalue weighted by molar-refractivity contribution is 7.89. The Labute approximate surface area is 178 Å². The summed E-state index contributed by atoms with van der Waals surface area (Å²) in [6.45, 7) is 0. The van der Waals surface area contributed by atoms with Crippen LogP contribution in [0.5, 0.6) is 5.75 Å². The minimum Gasteiger partial charge on any atom is -0.495 e. The van der Waals surface area contributed by atoms with Crippen molar-refractivity contribution in [2.45, 2.75) is 4.90 Å². The van der Waals surface area contributed by atoms with Crippen molar-refractivity contribution in [3.63, 3.8) is 0 Å². The summed E-state index contributed by atoms with van der Waals surface area (Å²) in [5.41, 5.74) is 2.87. The minimum absolute atomic E-state index is 0.0745. The summed E-state index contributed by atoms with van der Waals surface area (Å²) >= 11 is 0. The lowest BCUT2D eigenvalue weighted by Crippen LogP contribution is -2.12. The van der Waals surface area contributed by atoms with Crippen molar-refractivity contribution in [2.75, 3.05) is 12.4 Å². The zero-order valence-corrected chi connectivity index (χ0v) is 17.2. The maximum Gasteiger partial charge on any atom is 0.299 e. The van der Waals surface area contributed by atoms with Gasteiger partial charge < -0.3 is 14.5 Å². The molecule has 0 unspecified atom stereocenters. The second kappa shape index (κ2) is 8.21. The van der Waals surface area contributed by atoms with E-state index in [1.165, 1.54) is 37.4 Å². The number of sulfonamides is 1. The van der Waals surface area contributed by atoms with Gasteiger partial charge in [0.15, 0.2) is 5.76 Å². The third-order valence-corrected chi connectivity index (χ3v) is 5.48. The topological polar surface area (TPSA) is 107 Å². The predicted molar refractivity (Wildman–Crippen MR) is 115 cm³/mol. The summed E-state index contributed by atoms with van der Waals surface area (Å²) in [6.07, 6.45) is 1.54. The Morgan fingerprint density at radius 1 is 1.00 bits per heavy atom. The number of rotatable bonds is 6. The van der Waals surface area contributed by atoms with Crippen molar-refractivity contribution in [3.05, 3.63) is 78.7 Å². The highest BCUT2D eigenvalue weighted by Gasteiger charge is 2.15. The molecule has 9 heteroatoms. The van der Waals surface area contributed by atoms with Gasteiger partial charge in [-0.25, -0.2) is 22.9 Å². The first-order valence-electron chi connectivity index (χ1n) is 9.13. The van der Waals surface area contributed by atoms with E-state index in [4.69, 9.17) is 14.3 Å². The predicted octanol–water partition coefficient (Wildman–Crippen LogP) is 4.55. The second-order valence-corrected chi connectivity index (χ2v) is 8.21. The number of halogens is 1. The van der Waals surface area contributed by atoms with E-state index in [0.29, 0.717) is 17.2 Å². The van der Waals surface area contributed by atoms with Gasteiger partial charge in [-0.05, 0) is 47.5 Å². The van der Waals surface area contributed by atoms with E-state index in [0.717, 1.165) is 16.7 Å². The van der Waals surface area contributed by atoms with E-state index in [9.17, 15) is 12.8 Å². The number of primary sulfonamides is 1. The standard InChI is InChI=1S/C22H18FN3O4S/c1-29-20-10-9-18(31(24,27)28)12-19(20)26-22-25-13-21(30-22)16-4-2-3-15(11-16)14-5-7-17(23)8-6-14/h2-13H,1H3,(H,25,26)(H2,24,27,28). The molecule has 0 saturated heterocycles. The normalized spacial score (nSPS) is 11.3. The van der Waals surface area contributed by atoms with Crippen LogP contribution in [0.3, 0.4) is 0 Å². The van der Waals surface area contributed by atoms with Crippen LogP contribution in [0.1, 0.15) is 0 Å². The van der Waals surface area contributed by atoms with E-state index >= 15 is 0 Å². The molecule has 0 spiro atoms. The van der Waals surface area contributed by atoms with Crippen molar-refractivity contribution in [2.24, 2.45) is 5.14 Å². The van der Waals surface area contributed by atoms with Crippen LogP contribution in [0.15, 0.2) is 82.2 Å². The summed E-state index contributed by atoms with van der Waals surface area (Å²) in [6, 6.07) is 18.1. The molecule has 0 saturated carbocycles. The van der Waals surface area contributed by atoms with Crippen molar-refractivity contribution < 1.29 is 22.0 Å². The van der Waals surface area contributed by atoms with E-state index < -0.39 is 10.0 Å². The molecular formula is C22H18FN3O4S. The first-order valence-corrected chi connectivity index (χ1v) is 10.7. The molecule has 0 radical (unpaired) electrons. The fourth-order valence-corrected chi connectivity index (χ4v) is 3.58. The van der Waals surface area contributed by atoms with Crippen LogP contribution in [0.4, 0.5) is 16.1 Å². The number of benzene rings is 3. The molecule has 0 aliphatic carbocycles. The molecule has 3 aromatic carbocycles. The maximum absolute atomic E-state index is 13.2. The number of anilines is 2. The van der Waals surface area contributed by atoms with Gasteiger partial charge in [0, 0.05) is 5.56 Å². The first kappa shape index (κ1) is 20.6. The SMILES string of the molecule is COc1ccc(S(N)(=O)=O)cc1Nc1ncc(-c2cccc(-c3ccc(F)cc3)c2)o1. The molecule has 158 valence electrons. The van der Waals surface area contributed by atoms with E-state index in [1.54, 1.807) is 18.3 Å². The summed E-state index contributed by atoms with van der Waals surface area (Å²) in [5, 5.41) is 8.12. The number of nitrogens with one attached hydrogen (secondary N) is 1. The quantitative estimate of drug-likeness (QED) is 0.456. The van der Waals surface area contributed by atoms with Gasteiger partial charge in [0.1, 0.15) is 11.6 Å². The van der Waals surface area contributed by atoms with Crippen LogP contribution in [0, 0.1) is 5.82 Å². The van der Waals surface area contributed by atoms with Crippen molar-refractivity contribution in [3.8, 4) is 28.2 Å². The lowest BCUT2D eigenvalue weighted by atomic mass is 10.0. The van der Waals surface area contributed by atoms with Crippen molar-refractivity contribution in [1.29, 1.82) is 0 Å². The molecular weight excluding hydrogens is 421 g/mol. The average molecular weight is 439 g/mol. The third-order valence-electron chi connectivity index (χ3n) is 4.57. The highest BCUT2D eigenvalue weighted by atomic mass is 32.2. The van der Waals surface area contributed by atoms with Gasteiger partial charge in [-0.15, -0.1) is 0 Å². The smallest absolute Gasteiger partial charge is 0.299 e. The lowest BCUT2D eigenvalue weighted by molar-refractivity contribution is 0.416. The Bertz CT molecular complexity index is 1340. The molecule has 7 nitrogen and oxygen atoms in total. The number of hydrogen-bond donors (Lipinski definition) is 2. The minimum atomic E-state index is -3.88. The van der Waals surface area contributed by atoms with Crippen LogP contribution in [-0.4, -0.2) is 20.5 Å². The molecule has 1 heterocycles. The van der Waals surface area contributed by atoms with Gasteiger partial charge >= 0.3 is 0 Å². The van der Waals surface area contributed by atoms with Gasteiger partial charge in [-0.1, -0.05) is 30.3 Å². The molecule has 0 aliphatic heterocycles. The van der Waals surface area contributed by atoms with Gasteiger partial charge in [0.25, 0.3) is 6.01 Å². The van der Waals surface area contributed by atoms with Crippen LogP contribution in [0.25, 0.3) is 22.5 Å². The monoisotopic (exact) mass is 439 g/mol. The van der Waals surface area contributed by atoms with Gasteiger partial charge in [0.05, 0.1) is 23.9 Å². The largest absolute Gasteiger partial charge is 0.495 e. The zero-order chi connectivity index (χ0) is 22.0. The summed E-state index contributed by atoms with van der Waals surface area (Å²) in [5.74, 6) is 0.589. The zero-order valence-electron chi connectivity index (χ0n) is 16.4. The Hall–Kier alpha value is -3.69. The van der Waals surface area contributed by atoms with E-state index in [1.807, 2.05) is 24.3 Å². The summed E-state index contributed by atoms with van der Waals surface area (Å²) in [4.78, 5) is 4.13. The average Bonchev–Trinajstić information content (AvgIpc) is 3.22. The van der Waals surface area contributed by atoms with Crippen molar-refractivity contribution in [1.82, 2.24) is 4.98 Å². The molecule has 4 rings (SSSR count). The Kier molecular flexibility index (Phi) is 5.45. The Balaban J connectivity index is 1.62. The molecule has 0 bridgehead atoms. The first-order chi connectivity index (χ1) is 14.8. The van der Waals surface area contributed by atoms with Crippen LogP contribution < -0.4 is 15.2 Å². The molecule has 0 amide bonds. The number of ether oxygens (including phenoxy) is 1. The highest BCUT2D eigenvalue weighted by Crippen LogP contribution is 2.32. The number of methoxy groups -OCH3 is 1. The third kappa shape index (κ3) is 4.57. The fraction of sp³-hybridized carbons (Fsp3) is 0.0455. The molecule has 31 heavy (non-hydrogen) atoms. The number of oxazole rings is 1. The molecule has 3 N–H and O–H groups in total. The molecule has 0 fully saturated rings. The van der Waals surface area contributed by atoms with Crippen LogP contribution in [0.2, 0.25) is 0 Å².